The first-order valence-electron chi connectivity index (χ1n) is 9.33. The molecule has 3 aromatic rings. The molecule has 4 rings (SSSR count). The van der Waals surface area contributed by atoms with Gasteiger partial charge in [0.2, 0.25) is 0 Å². The number of amidine groups is 1. The van der Waals surface area contributed by atoms with E-state index in [0.29, 0.717) is 22.6 Å². The minimum absolute atomic E-state index is 0.0637. The van der Waals surface area contributed by atoms with Gasteiger partial charge in [0.15, 0.2) is 21.3 Å². The number of aliphatic imine (C=N–C) groups is 1. The van der Waals surface area contributed by atoms with E-state index in [1.165, 1.54) is 13.8 Å². The molecule has 0 spiro atoms. The third kappa shape index (κ3) is 3.17. The van der Waals surface area contributed by atoms with Crippen LogP contribution in [0.4, 0.5) is 8.78 Å². The van der Waals surface area contributed by atoms with Crippen molar-refractivity contribution >= 4 is 26.8 Å². The Morgan fingerprint density at radius 3 is 2.60 bits per heavy atom. The number of nitrogens with zero attached hydrogens (tertiary/aromatic N) is 2. The third-order valence-electron chi connectivity index (χ3n) is 5.68. The lowest BCUT2D eigenvalue weighted by Gasteiger charge is -2.40. The molecule has 158 valence electrons. The van der Waals surface area contributed by atoms with Gasteiger partial charge in [-0.1, -0.05) is 6.07 Å². The van der Waals surface area contributed by atoms with Gasteiger partial charge >= 0.3 is 0 Å². The predicted molar refractivity (Wildman–Crippen MR) is 110 cm³/mol. The topological polar surface area (TPSA) is 98.5 Å². The summed E-state index contributed by atoms with van der Waals surface area (Å²) in [5, 5.41) is 0. The first-order valence-corrected chi connectivity index (χ1v) is 11.0. The van der Waals surface area contributed by atoms with Gasteiger partial charge in [0.1, 0.15) is 33.3 Å². The summed E-state index contributed by atoms with van der Waals surface area (Å²) >= 11 is 0. The molecule has 1 aliphatic heterocycles. The summed E-state index contributed by atoms with van der Waals surface area (Å²) < 4.78 is 58.8. The first kappa shape index (κ1) is 20.5. The minimum atomic E-state index is -3.89. The number of hydrogen-bond donors (Lipinski definition) is 1. The maximum absolute atomic E-state index is 14.4. The number of sulfone groups is 1. The smallest absolute Gasteiger partial charge is 0.192 e. The van der Waals surface area contributed by atoms with Crippen LogP contribution in [0.15, 0.2) is 45.8 Å². The van der Waals surface area contributed by atoms with E-state index in [0.717, 1.165) is 18.2 Å². The Morgan fingerprint density at radius 2 is 1.90 bits per heavy atom. The average Bonchev–Trinajstić information content (AvgIpc) is 3.01. The lowest BCUT2D eigenvalue weighted by atomic mass is 9.92. The zero-order valence-electron chi connectivity index (χ0n) is 16.7. The summed E-state index contributed by atoms with van der Waals surface area (Å²) in [4.78, 5) is 8.64. The van der Waals surface area contributed by atoms with Crippen LogP contribution in [0.3, 0.4) is 0 Å². The van der Waals surface area contributed by atoms with Gasteiger partial charge in [0.25, 0.3) is 0 Å². The molecule has 0 amide bonds. The van der Waals surface area contributed by atoms with E-state index < -0.39 is 37.5 Å². The average molecular weight is 433 g/mol. The van der Waals surface area contributed by atoms with Crippen molar-refractivity contribution in [3.05, 3.63) is 65.1 Å². The van der Waals surface area contributed by atoms with Gasteiger partial charge in [-0.3, -0.25) is 4.99 Å². The van der Waals surface area contributed by atoms with Gasteiger partial charge in [0, 0.05) is 12.5 Å². The van der Waals surface area contributed by atoms with Crippen LogP contribution in [-0.2, 0) is 21.8 Å². The van der Waals surface area contributed by atoms with Crippen LogP contribution in [0.1, 0.15) is 30.9 Å². The SMILES string of the molecule is Cc1nc2cc(C[C@@]3(C)C(N)=N[C@](C)(c4cc(F)ccc4F)CS3(=O)=O)ccc2o1. The predicted octanol–water partition coefficient (Wildman–Crippen LogP) is 3.42. The number of aromatic nitrogens is 1. The highest BCUT2D eigenvalue weighted by Gasteiger charge is 2.52. The lowest BCUT2D eigenvalue weighted by molar-refractivity contribution is 0.466. The molecule has 0 bridgehead atoms. The van der Waals surface area contributed by atoms with Crippen LogP contribution in [0, 0.1) is 18.6 Å². The molecule has 0 saturated heterocycles. The van der Waals surface area contributed by atoms with Gasteiger partial charge in [-0.05, 0) is 56.2 Å². The number of benzene rings is 2. The Bertz CT molecular complexity index is 1300. The zero-order chi connectivity index (χ0) is 21.9. The van der Waals surface area contributed by atoms with E-state index in [4.69, 9.17) is 10.2 Å². The fraction of sp³-hybridized carbons (Fsp3) is 0.333. The standard InChI is InChI=1S/C21H21F2N3O3S/c1-12-25-17-8-13(4-7-18(17)29-12)10-21(3)19(24)26-20(2,11-30(21,27)28)15-9-14(22)5-6-16(15)23/h4-9H,10-11H2,1-3H3,(H2,24,26)/t20-,21-/m0/s1. The molecule has 0 fully saturated rings. The lowest BCUT2D eigenvalue weighted by Crippen LogP contribution is -2.57. The summed E-state index contributed by atoms with van der Waals surface area (Å²) in [6.07, 6.45) is 0.0637. The maximum Gasteiger partial charge on any atom is 0.192 e. The second-order valence-corrected chi connectivity index (χ2v) is 10.5. The van der Waals surface area contributed by atoms with E-state index >= 15 is 0 Å². The van der Waals surface area contributed by atoms with Crippen LogP contribution < -0.4 is 5.73 Å². The van der Waals surface area contributed by atoms with Crippen LogP contribution in [0.2, 0.25) is 0 Å². The second kappa shape index (κ2) is 6.60. The molecule has 1 aromatic heterocycles. The minimum Gasteiger partial charge on any atom is -0.441 e. The second-order valence-electron chi connectivity index (χ2n) is 8.10. The summed E-state index contributed by atoms with van der Waals surface area (Å²) in [6.45, 7) is 4.67. The van der Waals surface area contributed by atoms with Crippen LogP contribution in [0.25, 0.3) is 11.1 Å². The van der Waals surface area contributed by atoms with Crippen molar-refractivity contribution in [2.24, 2.45) is 10.7 Å². The van der Waals surface area contributed by atoms with Crippen molar-refractivity contribution in [2.75, 3.05) is 5.75 Å². The van der Waals surface area contributed by atoms with Crippen LogP contribution in [-0.4, -0.2) is 29.7 Å². The number of nitrogens with two attached hydrogens (primary N) is 1. The molecule has 6 nitrogen and oxygen atoms in total. The van der Waals surface area contributed by atoms with E-state index in [2.05, 4.69) is 9.98 Å². The highest BCUT2D eigenvalue weighted by Crippen LogP contribution is 2.39. The molecular formula is C21H21F2N3O3S. The summed E-state index contributed by atoms with van der Waals surface area (Å²) in [5.41, 5.74) is 6.42. The number of halogens is 2. The van der Waals surface area contributed by atoms with Crippen molar-refractivity contribution in [3.8, 4) is 0 Å². The molecule has 2 heterocycles. The maximum atomic E-state index is 14.4. The summed E-state index contributed by atoms with van der Waals surface area (Å²) in [7, 11) is -3.89. The molecule has 0 radical (unpaired) electrons. The summed E-state index contributed by atoms with van der Waals surface area (Å²) in [6, 6.07) is 8.12. The Labute approximate surface area is 172 Å². The van der Waals surface area contributed by atoms with Gasteiger partial charge in [-0.25, -0.2) is 22.2 Å². The Hall–Kier alpha value is -2.81. The van der Waals surface area contributed by atoms with Gasteiger partial charge in [0.05, 0.1) is 5.75 Å². The number of rotatable bonds is 3. The van der Waals surface area contributed by atoms with Gasteiger partial charge in [-0.2, -0.15) is 0 Å². The quantitative estimate of drug-likeness (QED) is 0.682. The molecule has 2 atom stereocenters. The first-order chi connectivity index (χ1) is 13.9. The third-order valence-corrected chi connectivity index (χ3v) is 8.34. The number of aryl methyl sites for hydroxylation is 1. The van der Waals surface area contributed by atoms with Gasteiger partial charge in [-0.15, -0.1) is 0 Å². The fourth-order valence-electron chi connectivity index (χ4n) is 3.94. The summed E-state index contributed by atoms with van der Waals surface area (Å²) in [5.74, 6) is -1.54. The van der Waals surface area contributed by atoms with Crippen LogP contribution in [0.5, 0.6) is 0 Å². The van der Waals surface area contributed by atoms with E-state index in [1.54, 1.807) is 25.1 Å². The fourth-order valence-corrected chi connectivity index (χ4v) is 5.97. The zero-order valence-corrected chi connectivity index (χ0v) is 17.6. The van der Waals surface area contributed by atoms with Gasteiger partial charge < -0.3 is 10.2 Å². The Kier molecular flexibility index (Phi) is 4.50. The van der Waals surface area contributed by atoms with Crippen LogP contribution >= 0.6 is 0 Å². The van der Waals surface area contributed by atoms with E-state index in [1.807, 2.05) is 0 Å². The number of hydrogen-bond acceptors (Lipinski definition) is 6. The molecule has 2 aromatic carbocycles. The Morgan fingerprint density at radius 1 is 1.17 bits per heavy atom. The molecule has 0 aliphatic carbocycles. The molecule has 30 heavy (non-hydrogen) atoms. The molecule has 2 N–H and O–H groups in total. The normalized spacial score (nSPS) is 26.0. The van der Waals surface area contributed by atoms with Crippen molar-refractivity contribution in [2.45, 2.75) is 37.5 Å². The highest BCUT2D eigenvalue weighted by atomic mass is 32.2. The largest absolute Gasteiger partial charge is 0.441 e. The molecule has 9 heteroatoms. The number of oxazole rings is 1. The molecular weight excluding hydrogens is 412 g/mol. The highest BCUT2D eigenvalue weighted by molar-refractivity contribution is 7.93. The molecule has 0 unspecified atom stereocenters. The number of fused-ring (bicyclic) bond motifs is 1. The van der Waals surface area contributed by atoms with Crippen molar-refractivity contribution < 1.29 is 21.6 Å². The monoisotopic (exact) mass is 433 g/mol. The van der Waals surface area contributed by atoms with E-state index in [-0.39, 0.29) is 17.8 Å². The van der Waals surface area contributed by atoms with Crippen molar-refractivity contribution in [1.82, 2.24) is 4.98 Å². The Balaban J connectivity index is 1.78. The molecule has 1 aliphatic rings. The van der Waals surface area contributed by atoms with Crippen molar-refractivity contribution in [3.63, 3.8) is 0 Å². The molecule has 0 saturated carbocycles. The van der Waals surface area contributed by atoms with E-state index in [9.17, 15) is 17.2 Å². The van der Waals surface area contributed by atoms with Crippen molar-refractivity contribution in [1.29, 1.82) is 0 Å².